The lowest BCUT2D eigenvalue weighted by atomic mass is 10.2. The summed E-state index contributed by atoms with van der Waals surface area (Å²) in [6, 6.07) is 14.4. The van der Waals surface area contributed by atoms with E-state index in [1.54, 1.807) is 54.6 Å². The number of rotatable bonds is 4. The number of amides is 2. The highest BCUT2D eigenvalue weighted by atomic mass is 35.5. The molecular formula is C17H13ClN4O2. The quantitative estimate of drug-likeness (QED) is 0.451. The van der Waals surface area contributed by atoms with Crippen LogP contribution in [0.25, 0.3) is 0 Å². The molecule has 24 heavy (non-hydrogen) atoms. The van der Waals surface area contributed by atoms with Gasteiger partial charge in [0, 0.05) is 28.2 Å². The van der Waals surface area contributed by atoms with Crippen molar-refractivity contribution in [1.82, 2.24) is 5.32 Å². The summed E-state index contributed by atoms with van der Waals surface area (Å²) in [4.78, 5) is 24.0. The Labute approximate surface area is 143 Å². The zero-order chi connectivity index (χ0) is 17.5. The maximum absolute atomic E-state index is 12.0. The van der Waals surface area contributed by atoms with Gasteiger partial charge in [-0.3, -0.25) is 9.59 Å². The molecule has 0 aliphatic carbocycles. The first-order valence-electron chi connectivity index (χ1n) is 6.83. The number of benzene rings is 2. The second-order valence-corrected chi connectivity index (χ2v) is 5.16. The Hall–Kier alpha value is -3.30. The molecule has 0 heterocycles. The largest absolute Gasteiger partial charge is 0.399 e. The summed E-state index contributed by atoms with van der Waals surface area (Å²) in [6.45, 7) is 0. The van der Waals surface area contributed by atoms with Crippen molar-refractivity contribution in [3.8, 4) is 6.07 Å². The van der Waals surface area contributed by atoms with E-state index in [1.165, 1.54) is 0 Å². The average Bonchev–Trinajstić information content (AvgIpc) is 2.58. The molecule has 2 amide bonds. The van der Waals surface area contributed by atoms with Crippen LogP contribution in [0.15, 0.2) is 60.3 Å². The third-order valence-corrected chi connectivity index (χ3v) is 3.24. The smallest absolute Gasteiger partial charge is 0.267 e. The van der Waals surface area contributed by atoms with Gasteiger partial charge in [0.05, 0.1) is 0 Å². The second-order valence-electron chi connectivity index (χ2n) is 4.73. The van der Waals surface area contributed by atoms with E-state index in [9.17, 15) is 9.59 Å². The molecule has 0 fully saturated rings. The number of nitrogens with one attached hydrogen (secondary N) is 2. The molecule has 2 rings (SSSR count). The molecule has 0 aliphatic heterocycles. The first-order chi connectivity index (χ1) is 11.5. The number of carbonyl (C=O) groups is 2. The standard InChI is InChI=1S/C17H13ClN4O2/c18-13-3-7-15(8-4-13)22-17(24)12(9-19)10-21-16(23)11-1-5-14(20)6-2-11/h1-8,10H,20H2,(H,21,23)(H,22,24)/b12-10-. The van der Waals surface area contributed by atoms with Crippen molar-refractivity contribution in [2.45, 2.75) is 0 Å². The first-order valence-corrected chi connectivity index (χ1v) is 7.21. The van der Waals surface area contributed by atoms with Crippen LogP contribution >= 0.6 is 11.6 Å². The zero-order valence-electron chi connectivity index (χ0n) is 12.4. The highest BCUT2D eigenvalue weighted by Crippen LogP contribution is 2.14. The Morgan fingerprint density at radius 3 is 2.29 bits per heavy atom. The molecule has 2 aromatic carbocycles. The lowest BCUT2D eigenvalue weighted by Gasteiger charge is -2.05. The molecule has 0 aromatic heterocycles. The van der Waals surface area contributed by atoms with Gasteiger partial charge in [0.25, 0.3) is 11.8 Å². The van der Waals surface area contributed by atoms with Crippen LogP contribution in [0.3, 0.4) is 0 Å². The van der Waals surface area contributed by atoms with Gasteiger partial charge in [-0.15, -0.1) is 0 Å². The van der Waals surface area contributed by atoms with Crippen LogP contribution in [-0.4, -0.2) is 11.8 Å². The molecular weight excluding hydrogens is 328 g/mol. The van der Waals surface area contributed by atoms with Crippen molar-refractivity contribution in [3.05, 3.63) is 70.9 Å². The summed E-state index contributed by atoms with van der Waals surface area (Å²) in [5, 5.41) is 14.5. The first kappa shape index (κ1) is 17.1. The molecule has 0 saturated heterocycles. The van der Waals surface area contributed by atoms with E-state index in [-0.39, 0.29) is 5.57 Å². The lowest BCUT2D eigenvalue weighted by molar-refractivity contribution is -0.112. The topological polar surface area (TPSA) is 108 Å². The summed E-state index contributed by atoms with van der Waals surface area (Å²) >= 11 is 5.76. The minimum absolute atomic E-state index is 0.242. The third kappa shape index (κ3) is 4.60. The molecule has 2 aromatic rings. The number of carbonyl (C=O) groups excluding carboxylic acids is 2. The highest BCUT2D eigenvalue weighted by Gasteiger charge is 2.11. The summed E-state index contributed by atoms with van der Waals surface area (Å²) < 4.78 is 0. The van der Waals surface area contributed by atoms with E-state index >= 15 is 0 Å². The minimum atomic E-state index is -0.641. The number of nitrogen functional groups attached to an aromatic ring is 1. The Balaban J connectivity index is 2.04. The Bertz CT molecular complexity index is 821. The average molecular weight is 341 g/mol. The number of halogens is 1. The lowest BCUT2D eigenvalue weighted by Crippen LogP contribution is -2.21. The van der Waals surface area contributed by atoms with E-state index in [0.717, 1.165) is 6.20 Å². The van der Waals surface area contributed by atoms with Gasteiger partial charge in [0.1, 0.15) is 11.6 Å². The Morgan fingerprint density at radius 1 is 1.08 bits per heavy atom. The number of anilines is 2. The van der Waals surface area contributed by atoms with Crippen molar-refractivity contribution in [1.29, 1.82) is 5.26 Å². The third-order valence-electron chi connectivity index (χ3n) is 2.99. The molecule has 120 valence electrons. The van der Waals surface area contributed by atoms with Crippen LogP contribution in [0.5, 0.6) is 0 Å². The van der Waals surface area contributed by atoms with Gasteiger partial charge in [0.2, 0.25) is 0 Å². The SMILES string of the molecule is N#C/C(=C/NC(=O)c1ccc(N)cc1)C(=O)Nc1ccc(Cl)cc1. The maximum Gasteiger partial charge on any atom is 0.267 e. The van der Waals surface area contributed by atoms with Gasteiger partial charge in [-0.05, 0) is 48.5 Å². The Kier molecular flexibility index (Phi) is 5.55. The molecule has 0 radical (unpaired) electrons. The molecule has 0 atom stereocenters. The van der Waals surface area contributed by atoms with E-state index in [1.807, 2.05) is 0 Å². The van der Waals surface area contributed by atoms with E-state index < -0.39 is 11.8 Å². The molecule has 0 spiro atoms. The fourth-order valence-corrected chi connectivity index (χ4v) is 1.86. The van der Waals surface area contributed by atoms with Crippen molar-refractivity contribution in [2.75, 3.05) is 11.1 Å². The number of hydrogen-bond acceptors (Lipinski definition) is 4. The van der Waals surface area contributed by atoms with Crippen LogP contribution in [0.2, 0.25) is 5.02 Å². The summed E-state index contributed by atoms with van der Waals surface area (Å²) in [5.74, 6) is -1.10. The number of hydrogen-bond donors (Lipinski definition) is 3. The molecule has 0 unspecified atom stereocenters. The van der Waals surface area contributed by atoms with Crippen LogP contribution in [0, 0.1) is 11.3 Å². The number of nitrogens with zero attached hydrogens (tertiary/aromatic N) is 1. The highest BCUT2D eigenvalue weighted by molar-refractivity contribution is 6.30. The summed E-state index contributed by atoms with van der Waals surface area (Å²) in [7, 11) is 0. The van der Waals surface area contributed by atoms with Crippen molar-refractivity contribution in [2.24, 2.45) is 0 Å². The van der Waals surface area contributed by atoms with E-state index in [0.29, 0.717) is 22.0 Å². The zero-order valence-corrected chi connectivity index (χ0v) is 13.2. The van der Waals surface area contributed by atoms with Gasteiger partial charge in [0.15, 0.2) is 0 Å². The fourth-order valence-electron chi connectivity index (χ4n) is 1.74. The Morgan fingerprint density at radius 2 is 1.71 bits per heavy atom. The van der Waals surface area contributed by atoms with Crippen LogP contribution in [-0.2, 0) is 4.79 Å². The normalized spacial score (nSPS) is 10.6. The van der Waals surface area contributed by atoms with E-state index in [2.05, 4.69) is 10.6 Å². The van der Waals surface area contributed by atoms with Crippen LogP contribution < -0.4 is 16.4 Å². The number of nitriles is 1. The van der Waals surface area contributed by atoms with Crippen molar-refractivity contribution >= 4 is 34.8 Å². The van der Waals surface area contributed by atoms with Gasteiger partial charge in [-0.2, -0.15) is 5.26 Å². The van der Waals surface area contributed by atoms with Gasteiger partial charge in [-0.25, -0.2) is 0 Å². The maximum atomic E-state index is 12.0. The van der Waals surface area contributed by atoms with Crippen LogP contribution in [0.1, 0.15) is 10.4 Å². The van der Waals surface area contributed by atoms with E-state index in [4.69, 9.17) is 22.6 Å². The fraction of sp³-hybridized carbons (Fsp3) is 0. The van der Waals surface area contributed by atoms with Crippen molar-refractivity contribution < 1.29 is 9.59 Å². The molecule has 0 aliphatic rings. The van der Waals surface area contributed by atoms with Crippen molar-refractivity contribution in [3.63, 3.8) is 0 Å². The molecule has 0 saturated carbocycles. The van der Waals surface area contributed by atoms with Gasteiger partial charge in [-0.1, -0.05) is 11.6 Å². The van der Waals surface area contributed by atoms with Gasteiger partial charge >= 0.3 is 0 Å². The molecule has 0 bridgehead atoms. The van der Waals surface area contributed by atoms with Crippen LogP contribution in [0.4, 0.5) is 11.4 Å². The van der Waals surface area contributed by atoms with Gasteiger partial charge < -0.3 is 16.4 Å². The molecule has 6 nitrogen and oxygen atoms in total. The summed E-state index contributed by atoms with van der Waals surface area (Å²) in [6.07, 6.45) is 1.06. The predicted octanol–water partition coefficient (Wildman–Crippen LogP) is 2.70. The molecule has 7 heteroatoms. The monoisotopic (exact) mass is 340 g/mol. The number of nitrogens with two attached hydrogens (primary N) is 1. The second kappa shape index (κ2) is 7.81. The predicted molar refractivity (Wildman–Crippen MR) is 92.1 cm³/mol. The molecule has 4 N–H and O–H groups in total. The summed E-state index contributed by atoms with van der Waals surface area (Å²) in [5.41, 5.74) is 6.67. The minimum Gasteiger partial charge on any atom is -0.399 e.